The van der Waals surface area contributed by atoms with Gasteiger partial charge >= 0.3 is 12.0 Å². The smallest absolute Gasteiger partial charge is 0.317 e. The molecule has 20 heavy (non-hydrogen) atoms. The number of likely N-dealkylation sites (tertiary alicyclic amines) is 1. The van der Waals surface area contributed by atoms with Gasteiger partial charge in [0.1, 0.15) is 0 Å². The van der Waals surface area contributed by atoms with Gasteiger partial charge in [0.15, 0.2) is 0 Å². The van der Waals surface area contributed by atoms with Crippen molar-refractivity contribution in [1.82, 2.24) is 10.2 Å². The van der Waals surface area contributed by atoms with Gasteiger partial charge in [-0.3, -0.25) is 4.79 Å². The molecule has 2 aliphatic rings. The van der Waals surface area contributed by atoms with Crippen LogP contribution < -0.4 is 5.32 Å². The van der Waals surface area contributed by atoms with Gasteiger partial charge in [-0.2, -0.15) is 0 Å². The zero-order valence-corrected chi connectivity index (χ0v) is 11.8. The third-order valence-corrected chi connectivity index (χ3v) is 4.08. The summed E-state index contributed by atoms with van der Waals surface area (Å²) in [5, 5.41) is 11.8. The maximum atomic E-state index is 11.9. The van der Waals surface area contributed by atoms with E-state index in [4.69, 9.17) is 9.84 Å². The van der Waals surface area contributed by atoms with Gasteiger partial charge in [0.25, 0.3) is 0 Å². The molecule has 0 radical (unpaired) electrons. The molecule has 0 aliphatic carbocycles. The van der Waals surface area contributed by atoms with Gasteiger partial charge in [-0.25, -0.2) is 4.79 Å². The quantitative estimate of drug-likeness (QED) is 0.749. The number of rotatable bonds is 5. The van der Waals surface area contributed by atoms with Gasteiger partial charge in [-0.15, -0.1) is 0 Å². The Hall–Kier alpha value is -1.30. The summed E-state index contributed by atoms with van der Waals surface area (Å²) in [4.78, 5) is 24.3. The lowest BCUT2D eigenvalue weighted by molar-refractivity contribution is -0.141. The number of urea groups is 1. The second kappa shape index (κ2) is 7.47. The predicted octanol–water partition coefficient (Wildman–Crippen LogP) is 1.45. The predicted molar refractivity (Wildman–Crippen MR) is 73.5 cm³/mol. The number of aliphatic carboxylic acids is 1. The molecule has 6 nitrogen and oxygen atoms in total. The minimum absolute atomic E-state index is 0.140. The molecule has 6 heteroatoms. The first-order valence-corrected chi connectivity index (χ1v) is 7.54. The van der Waals surface area contributed by atoms with Gasteiger partial charge in [0.2, 0.25) is 0 Å². The molecule has 2 saturated heterocycles. The molecule has 2 atom stereocenters. The lowest BCUT2D eigenvalue weighted by Gasteiger charge is -2.22. The molecule has 0 bridgehead atoms. The third kappa shape index (κ3) is 4.37. The fraction of sp³-hybridized carbons (Fsp3) is 0.857. The van der Waals surface area contributed by atoms with Gasteiger partial charge < -0.3 is 20.1 Å². The molecular weight excluding hydrogens is 260 g/mol. The average Bonchev–Trinajstić information content (AvgIpc) is 2.94. The monoisotopic (exact) mass is 284 g/mol. The van der Waals surface area contributed by atoms with Crippen molar-refractivity contribution in [2.45, 2.75) is 44.6 Å². The molecule has 0 spiro atoms. The maximum absolute atomic E-state index is 11.9. The van der Waals surface area contributed by atoms with Gasteiger partial charge in [0, 0.05) is 26.2 Å². The summed E-state index contributed by atoms with van der Waals surface area (Å²) in [7, 11) is 0. The topological polar surface area (TPSA) is 78.9 Å². The lowest BCUT2D eigenvalue weighted by Crippen LogP contribution is -2.39. The first-order chi connectivity index (χ1) is 9.66. The molecule has 2 aliphatic heterocycles. The number of carbonyl (C=O) groups is 2. The zero-order chi connectivity index (χ0) is 14.4. The van der Waals surface area contributed by atoms with Crippen molar-refractivity contribution >= 4 is 12.0 Å². The zero-order valence-electron chi connectivity index (χ0n) is 11.8. The van der Waals surface area contributed by atoms with Crippen LogP contribution in [0.15, 0.2) is 0 Å². The number of nitrogens with one attached hydrogen (secondary N) is 1. The number of ether oxygens (including phenoxy) is 1. The Bertz CT molecular complexity index is 342. The molecule has 114 valence electrons. The summed E-state index contributed by atoms with van der Waals surface area (Å²) in [6.07, 6.45) is 6.32. The highest BCUT2D eigenvalue weighted by Crippen LogP contribution is 2.17. The minimum atomic E-state index is -0.810. The lowest BCUT2D eigenvalue weighted by atomic mass is 10.0. The van der Waals surface area contributed by atoms with E-state index in [0.717, 1.165) is 32.3 Å². The van der Waals surface area contributed by atoms with E-state index in [2.05, 4.69) is 5.32 Å². The standard InChI is InChI=1S/C14H24N2O4/c17-13(18)11-6-8-16(10-11)14(19)15-7-3-5-12-4-1-2-9-20-12/h11-12H,1-10H2,(H,15,19)(H,17,18). The van der Waals surface area contributed by atoms with Crippen molar-refractivity contribution in [2.24, 2.45) is 5.92 Å². The highest BCUT2D eigenvalue weighted by Gasteiger charge is 2.30. The number of nitrogens with zero attached hydrogens (tertiary/aromatic N) is 1. The Morgan fingerprint density at radius 2 is 2.15 bits per heavy atom. The van der Waals surface area contributed by atoms with Crippen LogP contribution in [0.3, 0.4) is 0 Å². The Morgan fingerprint density at radius 3 is 2.80 bits per heavy atom. The second-order valence-electron chi connectivity index (χ2n) is 5.63. The fourth-order valence-corrected chi connectivity index (χ4v) is 2.82. The fourth-order valence-electron chi connectivity index (χ4n) is 2.82. The maximum Gasteiger partial charge on any atom is 0.317 e. The van der Waals surface area contributed by atoms with Crippen LogP contribution in [0.25, 0.3) is 0 Å². The van der Waals surface area contributed by atoms with Crippen molar-refractivity contribution in [3.05, 3.63) is 0 Å². The first kappa shape index (κ1) is 15.1. The molecular formula is C14H24N2O4. The number of carboxylic acids is 1. The van der Waals surface area contributed by atoms with E-state index >= 15 is 0 Å². The van der Waals surface area contributed by atoms with E-state index in [1.54, 1.807) is 4.90 Å². The summed E-state index contributed by atoms with van der Waals surface area (Å²) in [6, 6.07) is -0.140. The Labute approximate surface area is 119 Å². The van der Waals surface area contributed by atoms with Crippen molar-refractivity contribution in [2.75, 3.05) is 26.2 Å². The molecule has 2 rings (SSSR count). The van der Waals surface area contributed by atoms with E-state index in [-0.39, 0.29) is 6.03 Å². The SMILES string of the molecule is O=C(O)C1CCN(C(=O)NCCCC2CCCCO2)C1. The summed E-state index contributed by atoms with van der Waals surface area (Å²) in [5.74, 6) is -1.22. The van der Waals surface area contributed by atoms with Crippen molar-refractivity contribution < 1.29 is 19.4 Å². The third-order valence-electron chi connectivity index (χ3n) is 4.08. The van der Waals surface area contributed by atoms with Gasteiger partial charge in [-0.1, -0.05) is 0 Å². The average molecular weight is 284 g/mol. The molecule has 2 N–H and O–H groups in total. The van der Waals surface area contributed by atoms with Crippen LogP contribution in [0.4, 0.5) is 4.79 Å². The van der Waals surface area contributed by atoms with Gasteiger partial charge in [0.05, 0.1) is 12.0 Å². The van der Waals surface area contributed by atoms with E-state index in [0.29, 0.717) is 32.2 Å². The number of amides is 2. The highest BCUT2D eigenvalue weighted by atomic mass is 16.5. The number of carboxylic acid groups (broad SMARTS) is 1. The summed E-state index contributed by atoms with van der Waals surface area (Å²) < 4.78 is 5.64. The second-order valence-corrected chi connectivity index (χ2v) is 5.63. The Balaban J connectivity index is 1.57. The normalized spacial score (nSPS) is 26.5. The van der Waals surface area contributed by atoms with Crippen LogP contribution in [0.1, 0.15) is 38.5 Å². The Kier molecular flexibility index (Phi) is 5.64. The molecule has 0 aromatic rings. The number of carbonyl (C=O) groups excluding carboxylic acids is 1. The highest BCUT2D eigenvalue weighted by molar-refractivity contribution is 5.77. The van der Waals surface area contributed by atoms with E-state index in [9.17, 15) is 9.59 Å². The summed E-state index contributed by atoms with van der Waals surface area (Å²) in [5.41, 5.74) is 0. The molecule has 0 aromatic heterocycles. The van der Waals surface area contributed by atoms with Crippen LogP contribution >= 0.6 is 0 Å². The summed E-state index contributed by atoms with van der Waals surface area (Å²) in [6.45, 7) is 2.36. The molecule has 2 fully saturated rings. The first-order valence-electron chi connectivity index (χ1n) is 7.54. The molecule has 2 amide bonds. The van der Waals surface area contributed by atoms with Crippen LogP contribution in [-0.4, -0.2) is 54.4 Å². The summed E-state index contributed by atoms with van der Waals surface area (Å²) >= 11 is 0. The van der Waals surface area contributed by atoms with E-state index < -0.39 is 11.9 Å². The van der Waals surface area contributed by atoms with Crippen LogP contribution in [0.2, 0.25) is 0 Å². The molecule has 0 saturated carbocycles. The molecule has 2 unspecified atom stereocenters. The van der Waals surface area contributed by atoms with Crippen molar-refractivity contribution in [3.63, 3.8) is 0 Å². The van der Waals surface area contributed by atoms with Gasteiger partial charge in [-0.05, 0) is 38.5 Å². The van der Waals surface area contributed by atoms with Crippen LogP contribution in [-0.2, 0) is 9.53 Å². The van der Waals surface area contributed by atoms with Crippen molar-refractivity contribution in [1.29, 1.82) is 0 Å². The molecule has 2 heterocycles. The minimum Gasteiger partial charge on any atom is -0.481 e. The van der Waals surface area contributed by atoms with Crippen LogP contribution in [0.5, 0.6) is 0 Å². The van der Waals surface area contributed by atoms with E-state index in [1.807, 2.05) is 0 Å². The molecule has 0 aromatic carbocycles. The van der Waals surface area contributed by atoms with Crippen LogP contribution in [0, 0.1) is 5.92 Å². The number of hydrogen-bond acceptors (Lipinski definition) is 3. The Morgan fingerprint density at radius 1 is 1.30 bits per heavy atom. The number of hydrogen-bond donors (Lipinski definition) is 2. The largest absolute Gasteiger partial charge is 0.481 e. The van der Waals surface area contributed by atoms with Crippen molar-refractivity contribution in [3.8, 4) is 0 Å². The van der Waals surface area contributed by atoms with E-state index in [1.165, 1.54) is 6.42 Å².